The van der Waals surface area contributed by atoms with Gasteiger partial charge in [-0.2, -0.15) is 0 Å². The third-order valence-electron chi connectivity index (χ3n) is 9.73. The molecule has 2 aliphatic rings. The predicted octanol–water partition coefficient (Wildman–Crippen LogP) is -2.94. The van der Waals surface area contributed by atoms with Crippen LogP contribution in [-0.2, 0) is 38.8 Å². The van der Waals surface area contributed by atoms with Crippen LogP contribution in [-0.4, -0.2) is 72.2 Å². The summed E-state index contributed by atoms with van der Waals surface area (Å²) in [7, 11) is 1.00. The predicted molar refractivity (Wildman–Crippen MR) is 205 cm³/mol. The molecule has 0 spiro atoms. The van der Waals surface area contributed by atoms with Crippen LogP contribution in [0, 0.1) is 10.1 Å². The second kappa shape index (κ2) is 24.3. The molecule has 3 N–H and O–H groups in total. The molecule has 0 atom stereocenters. The van der Waals surface area contributed by atoms with Crippen molar-refractivity contribution in [1.82, 2.24) is 28.9 Å². The second-order valence-corrected chi connectivity index (χ2v) is 13.1. The van der Waals surface area contributed by atoms with Crippen LogP contribution in [0.2, 0.25) is 0 Å². The van der Waals surface area contributed by atoms with Gasteiger partial charge in [-0.05, 0) is 95.5 Å². The molecule has 0 radical (unpaired) electrons. The number of nitro groups is 1. The maximum absolute atomic E-state index is 10.7. The van der Waals surface area contributed by atoms with Gasteiger partial charge < -0.3 is 44.0 Å². The number of aliphatic hydroxyl groups is 1. The molecule has 0 bridgehead atoms. The molecule has 0 aliphatic carbocycles. The molecule has 276 valence electrons. The number of hydrogen-bond acceptors (Lipinski definition) is 8. The van der Waals surface area contributed by atoms with E-state index >= 15 is 0 Å². The van der Waals surface area contributed by atoms with Crippen LogP contribution in [0.25, 0.3) is 11.4 Å². The Hall–Kier alpha value is -1.62. The van der Waals surface area contributed by atoms with Gasteiger partial charge in [0, 0.05) is 100 Å². The van der Waals surface area contributed by atoms with Crippen LogP contribution in [0.15, 0.2) is 122 Å². The van der Waals surface area contributed by atoms with Crippen molar-refractivity contribution in [2.24, 2.45) is 0 Å². The fourth-order valence-electron chi connectivity index (χ4n) is 6.77. The zero-order valence-electron chi connectivity index (χ0n) is 32.0. The van der Waals surface area contributed by atoms with Crippen LogP contribution in [0.4, 0.5) is 11.4 Å². The van der Waals surface area contributed by atoms with E-state index in [2.05, 4.69) is 72.9 Å². The van der Waals surface area contributed by atoms with E-state index in [-0.39, 0.29) is 137 Å². The van der Waals surface area contributed by atoms with Crippen molar-refractivity contribution in [3.05, 3.63) is 166 Å². The van der Waals surface area contributed by atoms with Crippen LogP contribution in [0.1, 0.15) is 33.4 Å². The van der Waals surface area contributed by atoms with Crippen molar-refractivity contribution in [3.8, 4) is 11.4 Å². The summed E-state index contributed by atoms with van der Waals surface area (Å²) in [6.07, 6.45) is 15.4. The number of hydrogen-bond donors (Lipinski definition) is 2. The number of imidazole rings is 2. The number of anilines is 1. The number of fused-ring (bicyclic) bond motifs is 2. The summed E-state index contributed by atoms with van der Waals surface area (Å²) >= 11 is 0. The minimum Gasteiger partial charge on any atom is -1.00 e. The van der Waals surface area contributed by atoms with E-state index in [1.165, 1.54) is 33.5 Å². The number of nitrogens with two attached hydrogens (primary N) is 1. The molecule has 14 heteroatoms. The van der Waals surface area contributed by atoms with Crippen molar-refractivity contribution in [3.63, 3.8) is 0 Å². The number of nitrogen functional groups attached to an aromatic ring is 1. The van der Waals surface area contributed by atoms with Gasteiger partial charge in [0.1, 0.15) is 0 Å². The summed E-state index contributed by atoms with van der Waals surface area (Å²) in [5.41, 5.74) is 17.2. The number of nitrogens with zero attached hydrogens (tertiary/aromatic N) is 7. The zero-order chi connectivity index (χ0) is 36.3. The minimum atomic E-state index is -0.358. The van der Waals surface area contributed by atoms with E-state index in [0.717, 1.165) is 89.0 Å². The largest absolute Gasteiger partial charge is 1.00 e. The van der Waals surface area contributed by atoms with Gasteiger partial charge in [-0.3, -0.25) is 19.9 Å². The molecular weight excluding hydrogens is 858 g/mol. The molecule has 2 aromatic heterocycles. The van der Waals surface area contributed by atoms with Crippen LogP contribution in [0.5, 0.6) is 0 Å². The smallest absolute Gasteiger partial charge is 1.00 e. The summed E-state index contributed by atoms with van der Waals surface area (Å²) in [5, 5.41) is 17.7. The number of benzene rings is 4. The Labute approximate surface area is 425 Å². The van der Waals surface area contributed by atoms with Gasteiger partial charge in [0.25, 0.3) is 5.69 Å². The Balaban J connectivity index is 0.000000269. The van der Waals surface area contributed by atoms with Gasteiger partial charge in [-0.25, -0.2) is 9.97 Å². The Morgan fingerprint density at radius 2 is 1.11 bits per heavy atom. The van der Waals surface area contributed by atoms with Crippen LogP contribution >= 0.6 is 0 Å². The summed E-state index contributed by atoms with van der Waals surface area (Å²) in [6, 6.07) is 28.5. The monoisotopic (exact) mass is 903 g/mol. The van der Waals surface area contributed by atoms with Crippen LogP contribution < -0.4 is 132 Å². The average molecular weight is 904 g/mol. The molecule has 55 heavy (non-hydrogen) atoms. The molecule has 8 rings (SSSR count). The first-order valence-corrected chi connectivity index (χ1v) is 17.6. The first kappa shape index (κ1) is 47.8. The van der Waals surface area contributed by atoms with Gasteiger partial charge in [-0.1, -0.05) is 36.4 Å². The van der Waals surface area contributed by atoms with Crippen molar-refractivity contribution in [2.45, 2.75) is 38.8 Å². The van der Waals surface area contributed by atoms with Gasteiger partial charge in [-0.15, -0.1) is 0 Å². The van der Waals surface area contributed by atoms with E-state index in [1.807, 2.05) is 60.1 Å². The standard InChI is InChI=1S/C20H20N4O2.C20H22N4.CH4O.HI.2K/c25-24(26)19-4-1-16(2-5-19)7-10-22-11-8-17-3-6-20(13-18(17)14-22)23-12-9-21-15-23;21-19-4-1-16(2-5-19)7-10-23-11-8-17-3-6-20(13-18(17)14-23)24-12-9-22-15-24;1-2;;;/h1-6,9,12-13,15H,7-8,10-11,14H2;1-6,9,12-13,15H,7-8,10-11,14,21H2;2H,1H3;1H;;/q;;;;2*+1/p-1. The number of halogens is 1. The van der Waals surface area contributed by atoms with Gasteiger partial charge in [0.15, 0.2) is 0 Å². The number of aromatic nitrogens is 4. The maximum Gasteiger partial charge on any atom is 1.00 e. The molecule has 4 aromatic carbocycles. The normalized spacial score (nSPS) is 13.1. The van der Waals surface area contributed by atoms with Gasteiger partial charge >= 0.3 is 103 Å². The fraction of sp³-hybridized carbons (Fsp3) is 0.268. The van der Waals surface area contributed by atoms with Crippen molar-refractivity contribution in [1.29, 1.82) is 0 Å². The van der Waals surface area contributed by atoms with E-state index in [1.54, 1.807) is 18.3 Å². The molecule has 6 aromatic rings. The summed E-state index contributed by atoms with van der Waals surface area (Å²) in [6.45, 7) is 6.17. The minimum absolute atomic E-state index is 0. The third-order valence-corrected chi connectivity index (χ3v) is 9.73. The van der Waals surface area contributed by atoms with Gasteiger partial charge in [0.2, 0.25) is 0 Å². The number of rotatable bonds is 9. The van der Waals surface area contributed by atoms with E-state index in [9.17, 15) is 10.1 Å². The zero-order valence-corrected chi connectivity index (χ0v) is 40.4. The molecule has 11 nitrogen and oxygen atoms in total. The summed E-state index contributed by atoms with van der Waals surface area (Å²) < 4.78 is 4.09. The van der Waals surface area contributed by atoms with Crippen molar-refractivity contribution >= 4 is 11.4 Å². The maximum atomic E-state index is 10.7. The molecule has 2 aliphatic heterocycles. The first-order valence-electron chi connectivity index (χ1n) is 17.6. The summed E-state index contributed by atoms with van der Waals surface area (Å²) in [5.74, 6) is 0. The molecule has 0 saturated heterocycles. The molecule has 0 fully saturated rings. The first-order chi connectivity index (χ1) is 25.5. The van der Waals surface area contributed by atoms with E-state index in [4.69, 9.17) is 10.8 Å². The summed E-state index contributed by atoms with van der Waals surface area (Å²) in [4.78, 5) is 23.6. The Kier molecular flexibility index (Phi) is 21.1. The van der Waals surface area contributed by atoms with E-state index < -0.39 is 0 Å². The molecule has 0 amide bonds. The molecule has 0 saturated carbocycles. The Morgan fingerprint density at radius 3 is 1.51 bits per heavy atom. The van der Waals surface area contributed by atoms with Crippen LogP contribution in [0.3, 0.4) is 0 Å². The third kappa shape index (κ3) is 13.7. The van der Waals surface area contributed by atoms with Crippen molar-refractivity contribution < 1.29 is 137 Å². The fourth-order valence-corrected chi connectivity index (χ4v) is 6.77. The topological polar surface area (TPSA) is 132 Å². The van der Waals surface area contributed by atoms with E-state index in [0.29, 0.717) is 0 Å². The molecular formula is C41H46IK2N8O3+. The Bertz CT molecular complexity index is 2030. The SMILES string of the molecule is CO.Nc1ccc(CCN2CCc3ccc(-n4ccnc4)cc3C2)cc1.O=[N+]([O-])c1ccc(CCN2CCc3ccc(-n4ccnc4)cc3C2)cc1.[I-].[K+].[K+]. The molecule has 4 heterocycles. The van der Waals surface area contributed by atoms with Crippen molar-refractivity contribution in [2.75, 3.05) is 39.0 Å². The number of non-ortho nitro benzene ring substituents is 1. The number of aliphatic hydroxyl groups excluding tert-OH is 1. The quantitative estimate of drug-likeness (QED) is 0.0519. The average Bonchev–Trinajstić information content (AvgIpc) is 3.94. The number of nitro benzene ring substituents is 1. The van der Waals surface area contributed by atoms with Gasteiger partial charge in [0.05, 0.1) is 17.6 Å². The Morgan fingerprint density at radius 1 is 0.673 bits per heavy atom. The molecule has 0 unspecified atom stereocenters. The second-order valence-electron chi connectivity index (χ2n) is 13.1.